The van der Waals surface area contributed by atoms with Gasteiger partial charge in [0.1, 0.15) is 0 Å². The van der Waals surface area contributed by atoms with Gasteiger partial charge in [-0.1, -0.05) is 0 Å². The fourth-order valence-corrected chi connectivity index (χ4v) is 1.82. The molecule has 0 radical (unpaired) electrons. The van der Waals surface area contributed by atoms with Gasteiger partial charge in [0.25, 0.3) is 11.9 Å². The van der Waals surface area contributed by atoms with Gasteiger partial charge in [-0.15, -0.1) is 0 Å². The maximum absolute atomic E-state index is 13.3. The lowest BCUT2D eigenvalue weighted by Gasteiger charge is -2.04. The maximum atomic E-state index is 13.3. The van der Waals surface area contributed by atoms with Crippen molar-refractivity contribution in [2.45, 2.75) is 17.0 Å². The zero-order valence-electron chi connectivity index (χ0n) is 8.92. The summed E-state index contributed by atoms with van der Waals surface area (Å²) < 4.78 is 52.3. The van der Waals surface area contributed by atoms with Gasteiger partial charge in [-0.3, -0.25) is 0 Å². The highest BCUT2D eigenvalue weighted by molar-refractivity contribution is 7.99. The average molecular weight is 275 g/mol. The first-order valence-electron chi connectivity index (χ1n) is 4.65. The Morgan fingerprint density at radius 3 is 1.94 bits per heavy atom. The van der Waals surface area contributed by atoms with Gasteiger partial charge >= 0.3 is 0 Å². The highest BCUT2D eigenvalue weighted by atomic mass is 32.2. The molecule has 0 N–H and O–H groups in total. The predicted octanol–water partition coefficient (Wildman–Crippen LogP) is 2.89. The number of aryl methyl sites for hydroxylation is 1. The predicted molar refractivity (Wildman–Crippen MR) is 55.0 cm³/mol. The van der Waals surface area contributed by atoms with Crippen molar-refractivity contribution in [2.75, 3.05) is 0 Å². The molecule has 0 fully saturated rings. The maximum Gasteiger partial charge on any atom is 0.252 e. The van der Waals surface area contributed by atoms with Gasteiger partial charge < -0.3 is 0 Å². The number of hydrogen-bond acceptors (Lipinski definition) is 4. The van der Waals surface area contributed by atoms with Crippen LogP contribution in [0.15, 0.2) is 22.4 Å². The lowest BCUT2D eigenvalue weighted by molar-refractivity contribution is 0.383. The minimum absolute atomic E-state index is 0.0246. The molecule has 0 spiro atoms. The van der Waals surface area contributed by atoms with Crippen LogP contribution in [0, 0.1) is 30.5 Å². The Morgan fingerprint density at radius 2 is 1.44 bits per heavy atom. The van der Waals surface area contributed by atoms with Crippen LogP contribution in [0.3, 0.4) is 0 Å². The van der Waals surface area contributed by atoms with Crippen LogP contribution < -0.4 is 0 Å². The minimum atomic E-state index is -1.71. The van der Waals surface area contributed by atoms with Gasteiger partial charge in [-0.2, -0.15) is 13.8 Å². The quantitative estimate of drug-likeness (QED) is 0.480. The van der Waals surface area contributed by atoms with E-state index in [9.17, 15) is 17.6 Å². The Balaban J connectivity index is 2.42. The van der Waals surface area contributed by atoms with Gasteiger partial charge in [0, 0.05) is 12.4 Å². The van der Waals surface area contributed by atoms with Gasteiger partial charge in [-0.05, 0) is 24.2 Å². The van der Waals surface area contributed by atoms with E-state index < -0.39 is 28.4 Å². The molecular weight excluding hydrogens is 270 g/mol. The smallest absolute Gasteiger partial charge is 0.231 e. The molecular formula is C10H5F4N3S. The normalized spacial score (nSPS) is 10.7. The molecule has 0 aliphatic heterocycles. The van der Waals surface area contributed by atoms with Gasteiger partial charge in [0.15, 0.2) is 16.8 Å². The van der Waals surface area contributed by atoms with Crippen molar-refractivity contribution in [3.63, 3.8) is 0 Å². The second-order valence-corrected chi connectivity index (χ2v) is 4.27. The standard InChI is InChI=1S/C10H5F4N3S/c1-4-2-15-10(16-3-4)18-7-5(11)8(13)17-9(14)6(7)12/h2-3H,1H3. The number of aromatic nitrogens is 3. The first kappa shape index (κ1) is 12.7. The number of nitrogens with zero attached hydrogens (tertiary/aromatic N) is 3. The van der Waals surface area contributed by atoms with Crippen LogP contribution in [0.4, 0.5) is 17.6 Å². The molecule has 0 amide bonds. The molecule has 94 valence electrons. The average Bonchev–Trinajstić information content (AvgIpc) is 2.34. The monoisotopic (exact) mass is 275 g/mol. The lowest BCUT2D eigenvalue weighted by Crippen LogP contribution is -2.02. The van der Waals surface area contributed by atoms with Crippen LogP contribution in [-0.2, 0) is 0 Å². The molecule has 0 aliphatic carbocycles. The van der Waals surface area contributed by atoms with Crippen LogP contribution in [0.25, 0.3) is 0 Å². The highest BCUT2D eigenvalue weighted by Gasteiger charge is 2.22. The summed E-state index contributed by atoms with van der Waals surface area (Å²) >= 11 is 0.386. The second-order valence-electron chi connectivity index (χ2n) is 3.30. The van der Waals surface area contributed by atoms with E-state index in [0.717, 1.165) is 5.56 Å². The molecule has 0 saturated carbocycles. The Bertz CT molecular complexity index is 562. The summed E-state index contributed by atoms with van der Waals surface area (Å²) in [7, 11) is 0. The fourth-order valence-electron chi connectivity index (χ4n) is 1.08. The van der Waals surface area contributed by atoms with Crippen molar-refractivity contribution in [2.24, 2.45) is 0 Å². The lowest BCUT2D eigenvalue weighted by atomic mass is 10.4. The summed E-state index contributed by atoms with van der Waals surface area (Å²) in [5.74, 6) is -6.54. The summed E-state index contributed by atoms with van der Waals surface area (Å²) in [6.07, 6.45) is 2.83. The summed E-state index contributed by atoms with van der Waals surface area (Å²) in [5, 5.41) is -0.0246. The van der Waals surface area contributed by atoms with Gasteiger partial charge in [-0.25, -0.2) is 18.7 Å². The third-order valence-corrected chi connectivity index (χ3v) is 2.86. The van der Waals surface area contributed by atoms with E-state index in [0.29, 0.717) is 11.8 Å². The zero-order valence-corrected chi connectivity index (χ0v) is 9.73. The topological polar surface area (TPSA) is 38.7 Å². The molecule has 0 aliphatic rings. The molecule has 2 rings (SSSR count). The van der Waals surface area contributed by atoms with Crippen LogP contribution in [0.5, 0.6) is 0 Å². The second kappa shape index (κ2) is 4.89. The molecule has 0 atom stereocenters. The van der Waals surface area contributed by atoms with Crippen LogP contribution >= 0.6 is 11.8 Å². The molecule has 0 unspecified atom stereocenters. The number of halogens is 4. The van der Waals surface area contributed by atoms with E-state index in [1.165, 1.54) is 12.4 Å². The molecule has 2 aromatic rings. The number of hydrogen-bond donors (Lipinski definition) is 0. The summed E-state index contributed by atoms with van der Waals surface area (Å²) in [6.45, 7) is 1.72. The van der Waals surface area contributed by atoms with Crippen LogP contribution in [-0.4, -0.2) is 15.0 Å². The van der Waals surface area contributed by atoms with E-state index in [4.69, 9.17) is 0 Å². The molecule has 8 heteroatoms. The Morgan fingerprint density at radius 1 is 0.944 bits per heavy atom. The third kappa shape index (κ3) is 2.42. The van der Waals surface area contributed by atoms with Crippen molar-refractivity contribution in [3.8, 4) is 0 Å². The van der Waals surface area contributed by atoms with Crippen molar-refractivity contribution in [1.82, 2.24) is 15.0 Å². The van der Waals surface area contributed by atoms with Crippen molar-refractivity contribution < 1.29 is 17.6 Å². The summed E-state index contributed by atoms with van der Waals surface area (Å²) in [5.41, 5.74) is 0.743. The van der Waals surface area contributed by atoms with Crippen molar-refractivity contribution >= 4 is 11.8 Å². The SMILES string of the molecule is Cc1cnc(Sc2c(F)c(F)nc(F)c2F)nc1. The summed E-state index contributed by atoms with van der Waals surface area (Å²) in [4.78, 5) is 9.13. The first-order valence-corrected chi connectivity index (χ1v) is 5.47. The molecule has 18 heavy (non-hydrogen) atoms. The first-order chi connectivity index (χ1) is 8.49. The fraction of sp³-hybridized carbons (Fsp3) is 0.100. The van der Waals surface area contributed by atoms with E-state index in [-0.39, 0.29) is 5.16 Å². The van der Waals surface area contributed by atoms with E-state index in [1.807, 2.05) is 0 Å². The number of rotatable bonds is 2. The third-order valence-electron chi connectivity index (χ3n) is 1.91. The minimum Gasteiger partial charge on any atom is -0.231 e. The molecule has 0 aromatic carbocycles. The van der Waals surface area contributed by atoms with E-state index in [2.05, 4.69) is 15.0 Å². The molecule has 2 aromatic heterocycles. The molecule has 0 saturated heterocycles. The Kier molecular flexibility index (Phi) is 3.46. The molecule has 3 nitrogen and oxygen atoms in total. The highest BCUT2D eigenvalue weighted by Crippen LogP contribution is 2.31. The molecule has 2 heterocycles. The largest absolute Gasteiger partial charge is 0.252 e. The van der Waals surface area contributed by atoms with Crippen molar-refractivity contribution in [3.05, 3.63) is 41.5 Å². The van der Waals surface area contributed by atoms with Crippen LogP contribution in [0.1, 0.15) is 5.56 Å². The van der Waals surface area contributed by atoms with Crippen LogP contribution in [0.2, 0.25) is 0 Å². The zero-order chi connectivity index (χ0) is 13.3. The van der Waals surface area contributed by atoms with E-state index in [1.54, 1.807) is 6.92 Å². The van der Waals surface area contributed by atoms with Crippen molar-refractivity contribution in [1.29, 1.82) is 0 Å². The van der Waals surface area contributed by atoms with Gasteiger partial charge in [0.2, 0.25) is 0 Å². The molecule has 0 bridgehead atoms. The number of pyridine rings is 1. The van der Waals surface area contributed by atoms with E-state index >= 15 is 0 Å². The summed E-state index contributed by atoms with van der Waals surface area (Å²) in [6, 6.07) is 0. The Hall–Kier alpha value is -1.70. The Labute approximate surface area is 103 Å². The van der Waals surface area contributed by atoms with Gasteiger partial charge in [0.05, 0.1) is 4.90 Å².